The van der Waals surface area contributed by atoms with Gasteiger partial charge in [0.1, 0.15) is 11.2 Å². The number of hydrogen-bond acceptors (Lipinski definition) is 4. The summed E-state index contributed by atoms with van der Waals surface area (Å²) in [7, 11) is 1.41. The molecule has 0 saturated heterocycles. The Hall–Kier alpha value is -2.17. The lowest BCUT2D eigenvalue weighted by molar-refractivity contribution is -0.143. The highest BCUT2D eigenvalue weighted by molar-refractivity contribution is 5.85. The van der Waals surface area contributed by atoms with E-state index >= 15 is 0 Å². The molecular weight excluding hydrogens is 230 g/mol. The van der Waals surface area contributed by atoms with Crippen molar-refractivity contribution in [3.05, 3.63) is 36.5 Å². The number of methoxy groups -OCH3 is 1. The van der Waals surface area contributed by atoms with Gasteiger partial charge >= 0.3 is 5.97 Å². The van der Waals surface area contributed by atoms with Crippen molar-refractivity contribution in [3.8, 4) is 11.3 Å². The summed E-state index contributed by atoms with van der Waals surface area (Å²) in [6, 6.07) is 3.81. The van der Waals surface area contributed by atoms with E-state index in [2.05, 4.69) is 15.0 Å². The van der Waals surface area contributed by atoms with Gasteiger partial charge in [-0.3, -0.25) is 9.78 Å². The molecule has 92 valence electrons. The molecule has 2 aromatic rings. The third kappa shape index (κ3) is 1.59. The zero-order valence-electron chi connectivity index (χ0n) is 10.0. The number of pyridine rings is 1. The van der Waals surface area contributed by atoms with Gasteiger partial charge in [-0.15, -0.1) is 0 Å². The Balaban J connectivity index is 1.94. The van der Waals surface area contributed by atoms with E-state index in [9.17, 15) is 4.79 Å². The van der Waals surface area contributed by atoms with Gasteiger partial charge in [0.2, 0.25) is 0 Å². The topological polar surface area (TPSA) is 67.9 Å². The molecule has 5 heteroatoms. The molecule has 2 heterocycles. The third-order valence-corrected chi connectivity index (χ3v) is 3.33. The number of aromatic amines is 1. The molecule has 1 fully saturated rings. The fourth-order valence-corrected chi connectivity index (χ4v) is 2.09. The molecule has 0 aromatic carbocycles. The average molecular weight is 243 g/mol. The van der Waals surface area contributed by atoms with Gasteiger partial charge < -0.3 is 9.72 Å². The number of H-pyrrole nitrogens is 1. The quantitative estimate of drug-likeness (QED) is 0.833. The van der Waals surface area contributed by atoms with Crippen LogP contribution in [-0.2, 0) is 14.9 Å². The number of rotatable bonds is 3. The normalized spacial score (nSPS) is 16.3. The second-order valence-corrected chi connectivity index (χ2v) is 4.46. The maximum absolute atomic E-state index is 11.7. The van der Waals surface area contributed by atoms with Gasteiger partial charge in [0, 0.05) is 18.0 Å². The van der Waals surface area contributed by atoms with E-state index in [0.29, 0.717) is 5.82 Å². The second kappa shape index (κ2) is 3.94. The summed E-state index contributed by atoms with van der Waals surface area (Å²) in [6.45, 7) is 0. The van der Waals surface area contributed by atoms with Crippen LogP contribution in [-0.4, -0.2) is 28.0 Å². The molecule has 0 unspecified atom stereocenters. The Kier molecular flexibility index (Phi) is 2.40. The van der Waals surface area contributed by atoms with Crippen LogP contribution in [0.4, 0.5) is 0 Å². The molecule has 5 nitrogen and oxygen atoms in total. The number of ether oxygens (including phenoxy) is 1. The zero-order chi connectivity index (χ0) is 12.6. The smallest absolute Gasteiger partial charge is 0.319 e. The van der Waals surface area contributed by atoms with Crippen molar-refractivity contribution in [1.29, 1.82) is 0 Å². The number of hydrogen-bond donors (Lipinski definition) is 1. The molecule has 3 rings (SSSR count). The van der Waals surface area contributed by atoms with E-state index in [0.717, 1.165) is 24.1 Å². The molecule has 1 saturated carbocycles. The first-order valence-corrected chi connectivity index (χ1v) is 5.80. The minimum absolute atomic E-state index is 0.213. The van der Waals surface area contributed by atoms with Crippen molar-refractivity contribution >= 4 is 5.97 Å². The van der Waals surface area contributed by atoms with Crippen LogP contribution in [0, 0.1) is 0 Å². The van der Waals surface area contributed by atoms with E-state index in [1.54, 1.807) is 18.6 Å². The fraction of sp³-hybridized carbons (Fsp3) is 0.308. The van der Waals surface area contributed by atoms with Gasteiger partial charge in [-0.2, -0.15) is 0 Å². The zero-order valence-corrected chi connectivity index (χ0v) is 10.0. The lowest BCUT2D eigenvalue weighted by atomic mass is 10.1. The predicted octanol–water partition coefficient (Wildman–Crippen LogP) is 1.68. The summed E-state index contributed by atoms with van der Waals surface area (Å²) in [5.41, 5.74) is 1.28. The molecule has 0 aliphatic heterocycles. The van der Waals surface area contributed by atoms with Crippen molar-refractivity contribution < 1.29 is 9.53 Å². The van der Waals surface area contributed by atoms with Crippen LogP contribution in [0.1, 0.15) is 18.7 Å². The first-order chi connectivity index (χ1) is 8.76. The van der Waals surface area contributed by atoms with Crippen molar-refractivity contribution in [2.75, 3.05) is 7.11 Å². The summed E-state index contributed by atoms with van der Waals surface area (Å²) in [4.78, 5) is 23.3. The molecule has 0 bridgehead atoms. The first-order valence-electron chi connectivity index (χ1n) is 5.80. The maximum Gasteiger partial charge on any atom is 0.319 e. The molecule has 0 atom stereocenters. The van der Waals surface area contributed by atoms with Crippen LogP contribution < -0.4 is 0 Å². The lowest BCUT2D eigenvalue weighted by Crippen LogP contribution is -2.23. The van der Waals surface area contributed by atoms with Crippen LogP contribution >= 0.6 is 0 Å². The number of imidazole rings is 1. The highest BCUT2D eigenvalue weighted by Gasteiger charge is 2.55. The van der Waals surface area contributed by atoms with Gasteiger partial charge in [-0.1, -0.05) is 0 Å². The average Bonchev–Trinajstić information content (AvgIpc) is 3.09. The molecule has 2 aromatic heterocycles. The molecular formula is C13H13N3O2. The van der Waals surface area contributed by atoms with Crippen LogP contribution in [0.3, 0.4) is 0 Å². The Morgan fingerprint density at radius 1 is 1.44 bits per heavy atom. The molecule has 0 spiro atoms. The first kappa shape index (κ1) is 11.0. The van der Waals surface area contributed by atoms with E-state index < -0.39 is 5.41 Å². The summed E-state index contributed by atoms with van der Waals surface area (Å²) in [5, 5.41) is 0. The Morgan fingerprint density at radius 3 is 2.89 bits per heavy atom. The number of esters is 1. The minimum atomic E-state index is -0.546. The summed E-state index contributed by atoms with van der Waals surface area (Å²) >= 11 is 0. The van der Waals surface area contributed by atoms with Gasteiger partial charge in [0.15, 0.2) is 0 Å². The van der Waals surface area contributed by atoms with Crippen LogP contribution in [0.2, 0.25) is 0 Å². The van der Waals surface area contributed by atoms with Crippen molar-refractivity contribution in [2.24, 2.45) is 0 Å². The minimum Gasteiger partial charge on any atom is -0.468 e. The summed E-state index contributed by atoms with van der Waals surface area (Å²) in [6.07, 6.45) is 6.79. The summed E-state index contributed by atoms with van der Waals surface area (Å²) < 4.78 is 4.84. The Bertz CT molecular complexity index is 573. The van der Waals surface area contributed by atoms with E-state index in [1.165, 1.54) is 7.11 Å². The number of carbonyl (C=O) groups excluding carboxylic acids is 1. The van der Waals surface area contributed by atoms with E-state index in [1.807, 2.05) is 12.1 Å². The monoisotopic (exact) mass is 243 g/mol. The van der Waals surface area contributed by atoms with Gasteiger partial charge in [0.25, 0.3) is 0 Å². The third-order valence-electron chi connectivity index (χ3n) is 3.33. The van der Waals surface area contributed by atoms with Gasteiger partial charge in [-0.05, 0) is 25.0 Å². The molecule has 0 radical (unpaired) electrons. The van der Waals surface area contributed by atoms with Crippen molar-refractivity contribution in [2.45, 2.75) is 18.3 Å². The van der Waals surface area contributed by atoms with Crippen LogP contribution in [0.25, 0.3) is 11.3 Å². The standard InChI is InChI=1S/C13H13N3O2/c1-18-12(17)13(4-5-13)11-15-8-10(16-11)9-3-2-6-14-7-9/h2-3,6-8H,4-5H2,1H3,(H,15,16). The van der Waals surface area contributed by atoms with Gasteiger partial charge in [-0.25, -0.2) is 4.98 Å². The van der Waals surface area contributed by atoms with E-state index in [4.69, 9.17) is 4.74 Å². The number of aromatic nitrogens is 3. The highest BCUT2D eigenvalue weighted by Crippen LogP contribution is 2.48. The maximum atomic E-state index is 11.7. The predicted molar refractivity (Wildman–Crippen MR) is 64.7 cm³/mol. The SMILES string of the molecule is COC(=O)C1(c2ncc(-c3cccnc3)[nH]2)CC1. The Labute approximate surface area is 104 Å². The largest absolute Gasteiger partial charge is 0.468 e. The molecule has 1 N–H and O–H groups in total. The number of nitrogens with one attached hydrogen (secondary N) is 1. The molecule has 1 aliphatic carbocycles. The molecule has 0 amide bonds. The number of carbonyl (C=O) groups is 1. The van der Waals surface area contributed by atoms with Crippen molar-refractivity contribution in [1.82, 2.24) is 15.0 Å². The van der Waals surface area contributed by atoms with Gasteiger partial charge in [0.05, 0.1) is 19.0 Å². The molecule has 1 aliphatic rings. The lowest BCUT2D eigenvalue weighted by Gasteiger charge is -2.08. The van der Waals surface area contributed by atoms with Crippen molar-refractivity contribution in [3.63, 3.8) is 0 Å². The second-order valence-electron chi connectivity index (χ2n) is 4.46. The van der Waals surface area contributed by atoms with Crippen LogP contribution in [0.5, 0.6) is 0 Å². The summed E-state index contributed by atoms with van der Waals surface area (Å²) in [5.74, 6) is 0.475. The fourth-order valence-electron chi connectivity index (χ4n) is 2.09. The molecule has 18 heavy (non-hydrogen) atoms. The van der Waals surface area contributed by atoms with Crippen LogP contribution in [0.15, 0.2) is 30.7 Å². The van der Waals surface area contributed by atoms with E-state index in [-0.39, 0.29) is 5.97 Å². The highest BCUT2D eigenvalue weighted by atomic mass is 16.5. The number of nitrogens with zero attached hydrogens (tertiary/aromatic N) is 2. The Morgan fingerprint density at radius 2 is 2.28 bits per heavy atom.